The molecular formula is C28H38ClN3O2. The summed E-state index contributed by atoms with van der Waals surface area (Å²) in [7, 11) is 1.78. The minimum absolute atomic E-state index is 0. The monoisotopic (exact) mass is 483 g/mol. The molecule has 0 aromatic heterocycles. The van der Waals surface area contributed by atoms with Gasteiger partial charge in [0.1, 0.15) is 0 Å². The molecule has 2 aliphatic heterocycles. The van der Waals surface area contributed by atoms with Crippen LogP contribution in [0.1, 0.15) is 37.7 Å². The molecule has 6 heteroatoms. The van der Waals surface area contributed by atoms with E-state index in [1.165, 1.54) is 31.2 Å². The first-order valence-electron chi connectivity index (χ1n) is 12.5. The Labute approximate surface area is 210 Å². The lowest BCUT2D eigenvalue weighted by Crippen LogP contribution is -2.40. The quantitative estimate of drug-likeness (QED) is 0.521. The van der Waals surface area contributed by atoms with E-state index < -0.39 is 0 Å². The summed E-state index contributed by atoms with van der Waals surface area (Å²) in [5.41, 5.74) is 2.38. The van der Waals surface area contributed by atoms with Crippen LogP contribution in [-0.4, -0.2) is 61.4 Å². The molecule has 184 valence electrons. The predicted octanol–water partition coefficient (Wildman–Crippen LogP) is 4.65. The van der Waals surface area contributed by atoms with E-state index in [1.807, 2.05) is 35.2 Å². The van der Waals surface area contributed by atoms with E-state index in [0.29, 0.717) is 19.5 Å². The number of aryl methyl sites for hydroxylation is 1. The molecule has 0 radical (unpaired) electrons. The smallest absolute Gasteiger partial charge is 0.232 e. The molecule has 0 bridgehead atoms. The van der Waals surface area contributed by atoms with E-state index in [0.717, 1.165) is 37.7 Å². The number of carbonyl (C=O) groups is 2. The highest BCUT2D eigenvalue weighted by molar-refractivity contribution is 5.98. The van der Waals surface area contributed by atoms with Crippen LogP contribution in [-0.2, 0) is 16.0 Å². The van der Waals surface area contributed by atoms with Crippen molar-refractivity contribution < 1.29 is 9.59 Å². The molecule has 2 aliphatic rings. The van der Waals surface area contributed by atoms with Gasteiger partial charge < -0.3 is 14.7 Å². The van der Waals surface area contributed by atoms with Crippen LogP contribution in [0.4, 0.5) is 5.69 Å². The second-order valence-electron chi connectivity index (χ2n) is 9.66. The van der Waals surface area contributed by atoms with Gasteiger partial charge in [-0.15, -0.1) is 12.4 Å². The molecule has 2 heterocycles. The van der Waals surface area contributed by atoms with E-state index >= 15 is 0 Å². The van der Waals surface area contributed by atoms with Gasteiger partial charge in [0, 0.05) is 32.2 Å². The molecule has 5 nitrogen and oxygen atoms in total. The molecule has 2 aromatic carbocycles. The normalized spacial score (nSPS) is 19.1. The van der Waals surface area contributed by atoms with Crippen LogP contribution >= 0.6 is 12.4 Å². The molecule has 0 saturated carbocycles. The zero-order chi connectivity index (χ0) is 23.0. The first kappa shape index (κ1) is 26.2. The van der Waals surface area contributed by atoms with Crippen molar-refractivity contribution in [1.29, 1.82) is 0 Å². The van der Waals surface area contributed by atoms with Crippen LogP contribution in [0.3, 0.4) is 0 Å². The lowest BCUT2D eigenvalue weighted by atomic mass is 9.90. The van der Waals surface area contributed by atoms with Crippen molar-refractivity contribution in [3.8, 4) is 0 Å². The standard InChI is InChI=1S/C28H37N3O2.ClH/c1-29-22-25(21-27(29)32)28(33)31(26-11-6-3-7-12-26)18-8-17-30-19-15-24(16-20-30)14-13-23-9-4-2-5-10-23;/h2-7,9-12,24-25H,8,13-22H2,1H3;1H. The Kier molecular flexibility index (Phi) is 9.97. The van der Waals surface area contributed by atoms with Gasteiger partial charge in [-0.2, -0.15) is 0 Å². The molecule has 1 unspecified atom stereocenters. The fourth-order valence-electron chi connectivity index (χ4n) is 5.19. The lowest BCUT2D eigenvalue weighted by Gasteiger charge is -2.33. The SMILES string of the molecule is CN1CC(C(=O)N(CCCN2CCC(CCc3ccccc3)CC2)c2ccccc2)CC1=O.Cl. The lowest BCUT2D eigenvalue weighted by molar-refractivity contribution is -0.127. The number of nitrogens with zero attached hydrogens (tertiary/aromatic N) is 3. The van der Waals surface area contributed by atoms with Crippen molar-refractivity contribution in [2.75, 3.05) is 44.7 Å². The minimum atomic E-state index is -0.233. The van der Waals surface area contributed by atoms with Crippen molar-refractivity contribution in [3.63, 3.8) is 0 Å². The van der Waals surface area contributed by atoms with E-state index in [1.54, 1.807) is 11.9 Å². The van der Waals surface area contributed by atoms with Crippen LogP contribution in [0.15, 0.2) is 60.7 Å². The van der Waals surface area contributed by atoms with Gasteiger partial charge >= 0.3 is 0 Å². The number of amides is 2. The maximum atomic E-state index is 13.3. The van der Waals surface area contributed by atoms with Gasteiger partial charge in [-0.25, -0.2) is 0 Å². The van der Waals surface area contributed by atoms with Crippen molar-refractivity contribution in [2.24, 2.45) is 11.8 Å². The zero-order valence-electron chi connectivity index (χ0n) is 20.3. The number of anilines is 1. The van der Waals surface area contributed by atoms with E-state index in [2.05, 4.69) is 35.2 Å². The molecule has 0 aliphatic carbocycles. The third-order valence-corrected chi connectivity index (χ3v) is 7.27. The third-order valence-electron chi connectivity index (χ3n) is 7.27. The Morgan fingerprint density at radius 1 is 1.00 bits per heavy atom. The van der Waals surface area contributed by atoms with Crippen LogP contribution in [0, 0.1) is 11.8 Å². The Hall–Kier alpha value is -2.37. The molecule has 1 atom stereocenters. The largest absolute Gasteiger partial charge is 0.345 e. The molecule has 0 N–H and O–H groups in total. The van der Waals surface area contributed by atoms with Gasteiger partial charge in [0.2, 0.25) is 11.8 Å². The molecular weight excluding hydrogens is 446 g/mol. The summed E-state index contributed by atoms with van der Waals surface area (Å²) in [4.78, 5) is 31.4. The maximum Gasteiger partial charge on any atom is 0.232 e. The molecule has 0 spiro atoms. The van der Waals surface area contributed by atoms with Crippen LogP contribution in [0.25, 0.3) is 0 Å². The molecule has 2 fully saturated rings. The van der Waals surface area contributed by atoms with Crippen LogP contribution in [0.2, 0.25) is 0 Å². The number of para-hydroxylation sites is 1. The highest BCUT2D eigenvalue weighted by Crippen LogP contribution is 2.25. The van der Waals surface area contributed by atoms with Crippen molar-refractivity contribution in [3.05, 3.63) is 66.2 Å². The van der Waals surface area contributed by atoms with E-state index in [-0.39, 0.29) is 30.1 Å². The molecule has 2 amide bonds. The average Bonchev–Trinajstić information content (AvgIpc) is 3.20. The van der Waals surface area contributed by atoms with E-state index in [4.69, 9.17) is 0 Å². The Balaban J connectivity index is 0.00000324. The number of likely N-dealkylation sites (tertiary alicyclic amines) is 2. The first-order valence-corrected chi connectivity index (χ1v) is 12.5. The van der Waals surface area contributed by atoms with E-state index in [9.17, 15) is 9.59 Å². The van der Waals surface area contributed by atoms with Crippen LogP contribution in [0.5, 0.6) is 0 Å². The number of hydrogen-bond acceptors (Lipinski definition) is 3. The van der Waals surface area contributed by atoms with Gasteiger partial charge in [0.05, 0.1) is 5.92 Å². The Bertz CT molecular complexity index is 900. The van der Waals surface area contributed by atoms with Crippen molar-refractivity contribution in [2.45, 2.75) is 38.5 Å². The second kappa shape index (κ2) is 12.9. The first-order chi connectivity index (χ1) is 16.1. The summed E-state index contributed by atoms with van der Waals surface area (Å²) in [6.07, 6.45) is 6.28. The topological polar surface area (TPSA) is 43.9 Å². The highest BCUT2D eigenvalue weighted by Gasteiger charge is 2.35. The van der Waals surface area contributed by atoms with Gasteiger partial charge in [-0.3, -0.25) is 9.59 Å². The molecule has 34 heavy (non-hydrogen) atoms. The van der Waals surface area contributed by atoms with Gasteiger partial charge in [-0.1, -0.05) is 48.5 Å². The summed E-state index contributed by atoms with van der Waals surface area (Å²) in [6.45, 7) is 4.55. The Morgan fingerprint density at radius 3 is 2.26 bits per heavy atom. The fraction of sp³-hybridized carbons (Fsp3) is 0.500. The number of rotatable bonds is 9. The Morgan fingerprint density at radius 2 is 1.65 bits per heavy atom. The highest BCUT2D eigenvalue weighted by atomic mass is 35.5. The summed E-state index contributed by atoms with van der Waals surface area (Å²) in [6, 6.07) is 20.7. The summed E-state index contributed by atoms with van der Waals surface area (Å²) >= 11 is 0. The average molecular weight is 484 g/mol. The van der Waals surface area contributed by atoms with Crippen LogP contribution < -0.4 is 4.90 Å². The number of benzene rings is 2. The fourth-order valence-corrected chi connectivity index (χ4v) is 5.19. The molecule has 4 rings (SSSR count). The van der Waals surface area contributed by atoms with Crippen molar-refractivity contribution >= 4 is 29.9 Å². The van der Waals surface area contributed by atoms with Gasteiger partial charge in [0.25, 0.3) is 0 Å². The van der Waals surface area contributed by atoms with Crippen molar-refractivity contribution in [1.82, 2.24) is 9.80 Å². The number of hydrogen-bond donors (Lipinski definition) is 0. The number of piperidine rings is 1. The zero-order valence-corrected chi connectivity index (χ0v) is 21.1. The summed E-state index contributed by atoms with van der Waals surface area (Å²) < 4.78 is 0. The second-order valence-corrected chi connectivity index (χ2v) is 9.66. The molecule has 2 saturated heterocycles. The minimum Gasteiger partial charge on any atom is -0.345 e. The summed E-state index contributed by atoms with van der Waals surface area (Å²) in [5, 5.41) is 0. The third kappa shape index (κ3) is 7.07. The predicted molar refractivity (Wildman–Crippen MR) is 140 cm³/mol. The number of halogens is 1. The summed E-state index contributed by atoms with van der Waals surface area (Å²) in [5.74, 6) is 0.735. The van der Waals surface area contributed by atoms with Gasteiger partial charge in [-0.05, 0) is 75.4 Å². The van der Waals surface area contributed by atoms with Gasteiger partial charge in [0.15, 0.2) is 0 Å². The number of carbonyl (C=O) groups excluding carboxylic acids is 2. The maximum absolute atomic E-state index is 13.3. The molecule has 2 aromatic rings.